The first-order chi connectivity index (χ1) is 26.2. The van der Waals surface area contributed by atoms with Gasteiger partial charge in [-0.2, -0.15) is 0 Å². The molecule has 3 nitrogen and oxygen atoms in total. The Morgan fingerprint density at radius 1 is 0.736 bits per heavy atom. The number of benzene rings is 3. The highest BCUT2D eigenvalue weighted by molar-refractivity contribution is 8.00. The third-order valence-corrected chi connectivity index (χ3v) is 14.2. The van der Waals surface area contributed by atoms with Crippen molar-refractivity contribution in [1.29, 1.82) is 0 Å². The summed E-state index contributed by atoms with van der Waals surface area (Å²) >= 11 is 3.82. The molecule has 53 heavy (non-hydrogen) atoms. The average Bonchev–Trinajstić information content (AvgIpc) is 3.92. The lowest BCUT2D eigenvalue weighted by atomic mass is 9.84. The lowest BCUT2D eigenvalue weighted by molar-refractivity contribution is 0.608. The minimum Gasteiger partial charge on any atom is -0.333 e. The molecule has 1 aliphatic heterocycles. The molecular weight excluding hydrogens is 683 g/mol. The second-order valence-electron chi connectivity index (χ2n) is 14.7. The molecule has 5 heteroatoms. The average molecular weight is 720 g/mol. The fourth-order valence-electron chi connectivity index (χ4n) is 9.00. The van der Waals surface area contributed by atoms with E-state index in [1.165, 1.54) is 59.8 Å². The number of hydrogen-bond acceptors (Lipinski definition) is 4. The molecule has 4 atom stereocenters. The third-order valence-electron chi connectivity index (χ3n) is 11.6. The molecule has 0 amide bonds. The lowest BCUT2D eigenvalue weighted by Gasteiger charge is -2.25. The number of nitrogens with zero attached hydrogens (tertiary/aromatic N) is 3. The molecular formula is C48H37N3S2. The van der Waals surface area contributed by atoms with Gasteiger partial charge in [0.25, 0.3) is 0 Å². The van der Waals surface area contributed by atoms with Gasteiger partial charge in [0.15, 0.2) is 5.82 Å². The Balaban J connectivity index is 0.982. The van der Waals surface area contributed by atoms with E-state index in [2.05, 4.69) is 138 Å². The minimum atomic E-state index is 0.205. The van der Waals surface area contributed by atoms with E-state index in [-0.39, 0.29) is 6.04 Å². The van der Waals surface area contributed by atoms with Crippen molar-refractivity contribution < 1.29 is 0 Å². The van der Waals surface area contributed by atoms with Crippen LogP contribution < -0.4 is 0 Å². The Morgan fingerprint density at radius 3 is 2.53 bits per heavy atom. The van der Waals surface area contributed by atoms with Gasteiger partial charge >= 0.3 is 0 Å². The SMILES string of the molecule is C1=CC2Sc3c(-c4ccc5c6c(n(C7C=Cc8sc(-c9ncc(-c%10ccccc%10)cn9)cc8C7)c5c4)C=CC(C4=CCCC=C4)C6)cccc3C2C=C1. The van der Waals surface area contributed by atoms with E-state index in [0.29, 0.717) is 17.1 Å². The predicted molar refractivity (Wildman–Crippen MR) is 223 cm³/mol. The number of thioether (sulfide) groups is 1. The van der Waals surface area contributed by atoms with E-state index in [0.717, 1.165) is 47.5 Å². The number of hydrogen-bond donors (Lipinski definition) is 0. The highest BCUT2D eigenvalue weighted by Crippen LogP contribution is 2.52. The lowest BCUT2D eigenvalue weighted by Crippen LogP contribution is -2.16. The summed E-state index contributed by atoms with van der Waals surface area (Å²) in [6, 6.07) is 27.1. The molecule has 4 unspecified atom stereocenters. The number of fused-ring (bicyclic) bond motifs is 7. The zero-order chi connectivity index (χ0) is 34.9. The van der Waals surface area contributed by atoms with Crippen LogP contribution in [0.4, 0.5) is 0 Å². The number of aromatic nitrogens is 3. The molecule has 0 saturated heterocycles. The molecule has 5 aliphatic rings. The van der Waals surface area contributed by atoms with Crippen LogP contribution in [-0.2, 0) is 12.8 Å². The molecule has 0 saturated carbocycles. The molecule has 4 heterocycles. The van der Waals surface area contributed by atoms with Crippen LogP contribution in [0.15, 0.2) is 150 Å². The first-order valence-electron chi connectivity index (χ1n) is 18.8. The summed E-state index contributed by atoms with van der Waals surface area (Å²) in [5.41, 5.74) is 13.3. The van der Waals surface area contributed by atoms with Crippen LogP contribution in [0.1, 0.15) is 52.1 Å². The van der Waals surface area contributed by atoms with Crippen LogP contribution in [0.3, 0.4) is 0 Å². The first-order valence-corrected chi connectivity index (χ1v) is 20.5. The van der Waals surface area contributed by atoms with Gasteiger partial charge in [-0.1, -0.05) is 115 Å². The van der Waals surface area contributed by atoms with Crippen LogP contribution in [0.25, 0.3) is 56.0 Å². The van der Waals surface area contributed by atoms with Crippen LogP contribution >= 0.6 is 23.1 Å². The number of allylic oxidation sites excluding steroid dienone is 9. The molecule has 11 rings (SSSR count). The Labute approximate surface area is 318 Å². The van der Waals surface area contributed by atoms with Gasteiger partial charge in [-0.05, 0) is 88.9 Å². The Bertz CT molecular complexity index is 2610. The summed E-state index contributed by atoms with van der Waals surface area (Å²) in [5.74, 6) is 1.66. The smallest absolute Gasteiger partial charge is 0.169 e. The van der Waals surface area contributed by atoms with Gasteiger partial charge in [-0.3, -0.25) is 0 Å². The zero-order valence-electron chi connectivity index (χ0n) is 29.2. The van der Waals surface area contributed by atoms with Crippen LogP contribution in [0.2, 0.25) is 0 Å². The monoisotopic (exact) mass is 719 g/mol. The summed E-state index contributed by atoms with van der Waals surface area (Å²) in [5, 5.41) is 1.86. The molecule has 3 aromatic carbocycles. The van der Waals surface area contributed by atoms with Crippen molar-refractivity contribution in [1.82, 2.24) is 14.5 Å². The van der Waals surface area contributed by atoms with E-state index in [4.69, 9.17) is 9.97 Å². The normalized spacial score (nSPS) is 22.1. The maximum Gasteiger partial charge on any atom is 0.169 e. The Morgan fingerprint density at radius 2 is 1.64 bits per heavy atom. The number of thiophene rings is 1. The quantitative estimate of drug-likeness (QED) is 0.178. The van der Waals surface area contributed by atoms with Crippen molar-refractivity contribution in [3.63, 3.8) is 0 Å². The summed E-state index contributed by atoms with van der Waals surface area (Å²) < 4.78 is 2.65. The maximum absolute atomic E-state index is 4.81. The van der Waals surface area contributed by atoms with Crippen molar-refractivity contribution in [3.05, 3.63) is 173 Å². The molecule has 4 aliphatic carbocycles. The van der Waals surface area contributed by atoms with Crippen molar-refractivity contribution in [3.8, 4) is 33.0 Å². The fourth-order valence-corrected chi connectivity index (χ4v) is 11.5. The van der Waals surface area contributed by atoms with E-state index >= 15 is 0 Å². The summed E-state index contributed by atoms with van der Waals surface area (Å²) in [6.45, 7) is 0. The Hall–Kier alpha value is -5.23. The standard InChI is InChI=1S/C48H37N3S2/c1-3-10-30(11-4-1)32-19-22-42-41(25-32)38-21-18-33(37-15-9-16-40-39-14-7-8-17-45(39)53-47(37)40)26-43(38)51(42)36-20-23-44-34(24-36)27-46(52-44)48-49-28-35(29-50-48)31-12-5-2-6-13-31/h2-3,5-23,26-29,32,36,39,45H,1,4,24-25H2. The first kappa shape index (κ1) is 31.3. The van der Waals surface area contributed by atoms with E-state index in [9.17, 15) is 0 Å². The van der Waals surface area contributed by atoms with Gasteiger partial charge < -0.3 is 4.57 Å². The van der Waals surface area contributed by atoms with E-state index < -0.39 is 0 Å². The van der Waals surface area contributed by atoms with Gasteiger partial charge in [0, 0.05) is 61.4 Å². The van der Waals surface area contributed by atoms with Gasteiger partial charge in [0.2, 0.25) is 0 Å². The molecule has 0 spiro atoms. The van der Waals surface area contributed by atoms with Crippen molar-refractivity contribution in [2.45, 2.75) is 47.8 Å². The van der Waals surface area contributed by atoms with Gasteiger partial charge in [-0.25, -0.2) is 9.97 Å². The number of rotatable bonds is 5. The summed E-state index contributed by atoms with van der Waals surface area (Å²) in [6.07, 6.45) is 34.1. The second-order valence-corrected chi connectivity index (χ2v) is 17.0. The van der Waals surface area contributed by atoms with E-state index in [1.54, 1.807) is 11.3 Å². The van der Waals surface area contributed by atoms with Gasteiger partial charge in [0.1, 0.15) is 0 Å². The highest BCUT2D eigenvalue weighted by atomic mass is 32.2. The van der Waals surface area contributed by atoms with Crippen molar-refractivity contribution >= 4 is 46.2 Å². The Kier molecular flexibility index (Phi) is 7.51. The van der Waals surface area contributed by atoms with Crippen LogP contribution in [-0.4, -0.2) is 19.8 Å². The highest BCUT2D eigenvalue weighted by Gasteiger charge is 2.33. The topological polar surface area (TPSA) is 30.7 Å². The van der Waals surface area contributed by atoms with Crippen molar-refractivity contribution in [2.75, 3.05) is 0 Å². The fraction of sp³-hybridized carbons (Fsp3) is 0.167. The molecule has 6 aromatic rings. The maximum atomic E-state index is 4.81. The van der Waals surface area contributed by atoms with E-state index in [1.807, 2.05) is 30.2 Å². The van der Waals surface area contributed by atoms with Crippen LogP contribution in [0.5, 0.6) is 0 Å². The molecule has 0 N–H and O–H groups in total. The largest absolute Gasteiger partial charge is 0.333 e. The molecule has 0 radical (unpaired) electrons. The van der Waals surface area contributed by atoms with Crippen LogP contribution in [0, 0.1) is 5.92 Å². The molecule has 3 aromatic heterocycles. The summed E-state index contributed by atoms with van der Waals surface area (Å²) in [4.78, 5) is 13.5. The zero-order valence-corrected chi connectivity index (χ0v) is 30.9. The molecule has 0 bridgehead atoms. The predicted octanol–water partition coefficient (Wildman–Crippen LogP) is 12.5. The van der Waals surface area contributed by atoms with Crippen molar-refractivity contribution in [2.24, 2.45) is 5.92 Å². The molecule has 0 fully saturated rings. The van der Waals surface area contributed by atoms with Gasteiger partial charge in [-0.15, -0.1) is 23.1 Å². The molecule has 256 valence electrons. The second kappa shape index (κ2) is 12.7. The van der Waals surface area contributed by atoms with Gasteiger partial charge in [0.05, 0.1) is 10.9 Å². The minimum absolute atomic E-state index is 0.205. The summed E-state index contributed by atoms with van der Waals surface area (Å²) in [7, 11) is 0. The third kappa shape index (κ3) is 5.32.